The smallest absolute Gasteiger partial charge is 0.273 e. The fourth-order valence-electron chi connectivity index (χ4n) is 2.66. The maximum atomic E-state index is 13.6. The molecule has 1 aromatic heterocycles. The summed E-state index contributed by atoms with van der Waals surface area (Å²) in [7, 11) is -2.00. The van der Waals surface area contributed by atoms with Crippen molar-refractivity contribution in [1.29, 1.82) is 0 Å². The Hall–Kier alpha value is -3.40. The van der Waals surface area contributed by atoms with Gasteiger partial charge in [-0.15, -0.1) is 0 Å². The molecular formula is C19H19FN4O4S. The van der Waals surface area contributed by atoms with E-state index in [-0.39, 0.29) is 5.69 Å². The Labute approximate surface area is 167 Å². The first-order valence-electron chi connectivity index (χ1n) is 8.45. The van der Waals surface area contributed by atoms with Gasteiger partial charge in [-0.2, -0.15) is 5.10 Å². The van der Waals surface area contributed by atoms with Crippen molar-refractivity contribution < 1.29 is 22.3 Å². The quantitative estimate of drug-likeness (QED) is 0.569. The van der Waals surface area contributed by atoms with Crippen LogP contribution in [0.5, 0.6) is 5.75 Å². The van der Waals surface area contributed by atoms with Crippen LogP contribution in [0.15, 0.2) is 42.5 Å². The van der Waals surface area contributed by atoms with Crippen LogP contribution < -0.4 is 14.8 Å². The zero-order valence-corrected chi connectivity index (χ0v) is 16.7. The molecule has 0 bridgehead atoms. The average molecular weight is 418 g/mol. The fourth-order valence-corrected chi connectivity index (χ4v) is 3.28. The first-order valence-corrected chi connectivity index (χ1v) is 10.3. The van der Waals surface area contributed by atoms with Crippen LogP contribution in [-0.4, -0.2) is 37.9 Å². The van der Waals surface area contributed by atoms with Gasteiger partial charge in [-0.3, -0.25) is 14.6 Å². The number of aromatic amines is 1. The first-order chi connectivity index (χ1) is 13.7. The fraction of sp³-hybridized carbons (Fsp3) is 0.158. The van der Waals surface area contributed by atoms with Crippen molar-refractivity contribution in [3.8, 4) is 17.0 Å². The van der Waals surface area contributed by atoms with Crippen molar-refractivity contribution in [3.05, 3.63) is 59.5 Å². The second-order valence-corrected chi connectivity index (χ2v) is 8.12. The number of nitrogens with zero attached hydrogens (tertiary/aromatic N) is 1. The molecule has 0 saturated carbocycles. The van der Waals surface area contributed by atoms with E-state index in [0.29, 0.717) is 33.9 Å². The van der Waals surface area contributed by atoms with E-state index in [1.165, 1.54) is 37.4 Å². The monoisotopic (exact) mass is 418 g/mol. The lowest BCUT2D eigenvalue weighted by atomic mass is 10.1. The summed E-state index contributed by atoms with van der Waals surface area (Å²) in [6.07, 6.45) is 1.05. The highest BCUT2D eigenvalue weighted by Crippen LogP contribution is 2.30. The van der Waals surface area contributed by atoms with Gasteiger partial charge in [-0.25, -0.2) is 12.8 Å². The van der Waals surface area contributed by atoms with Crippen LogP contribution >= 0.6 is 0 Å². The molecule has 0 saturated heterocycles. The number of halogens is 1. The second-order valence-electron chi connectivity index (χ2n) is 6.37. The van der Waals surface area contributed by atoms with Gasteiger partial charge in [-0.05, 0) is 48.9 Å². The molecule has 8 nitrogen and oxygen atoms in total. The number of amides is 1. The number of carbonyl (C=O) groups excluding carboxylic acids is 1. The number of nitrogens with one attached hydrogen (secondary N) is 3. The summed E-state index contributed by atoms with van der Waals surface area (Å²) < 4.78 is 44.1. The molecule has 0 atom stereocenters. The normalized spacial score (nSPS) is 11.2. The third kappa shape index (κ3) is 4.91. The standard InChI is InChI=1S/C19H19FN4O4S/c1-11-4-6-13(9-15(11)24-29(3,26)27)21-19(25)17-10-16(22-23-17)14-8-12(20)5-7-18(14)28-2/h4-10,24H,1-3H3,(H,21,25)(H,22,23). The predicted molar refractivity (Wildman–Crippen MR) is 108 cm³/mol. The molecule has 1 heterocycles. The van der Waals surface area contributed by atoms with E-state index in [0.717, 1.165) is 6.26 Å². The summed E-state index contributed by atoms with van der Waals surface area (Å²) >= 11 is 0. The minimum Gasteiger partial charge on any atom is -0.496 e. The second kappa shape index (κ2) is 7.92. The highest BCUT2D eigenvalue weighted by molar-refractivity contribution is 7.92. The van der Waals surface area contributed by atoms with Gasteiger partial charge in [0.2, 0.25) is 10.0 Å². The van der Waals surface area contributed by atoms with E-state index in [1.54, 1.807) is 19.1 Å². The number of aromatic nitrogens is 2. The van der Waals surface area contributed by atoms with Crippen LogP contribution in [0.1, 0.15) is 16.1 Å². The van der Waals surface area contributed by atoms with E-state index in [4.69, 9.17) is 4.74 Å². The number of anilines is 2. The van der Waals surface area contributed by atoms with E-state index < -0.39 is 21.7 Å². The lowest BCUT2D eigenvalue weighted by Crippen LogP contribution is -2.14. The molecule has 3 N–H and O–H groups in total. The average Bonchev–Trinajstić information content (AvgIpc) is 3.13. The molecule has 3 rings (SSSR count). The molecule has 0 aliphatic carbocycles. The molecule has 0 fully saturated rings. The number of hydrogen-bond donors (Lipinski definition) is 3. The molecule has 29 heavy (non-hydrogen) atoms. The number of aryl methyl sites for hydroxylation is 1. The Balaban J connectivity index is 1.83. The van der Waals surface area contributed by atoms with Crippen LogP contribution in [0.2, 0.25) is 0 Å². The van der Waals surface area contributed by atoms with Crippen molar-refractivity contribution in [2.24, 2.45) is 0 Å². The van der Waals surface area contributed by atoms with Crippen LogP contribution in [0, 0.1) is 12.7 Å². The summed E-state index contributed by atoms with van der Waals surface area (Å²) in [5.41, 5.74) is 2.35. The molecule has 0 radical (unpaired) electrons. The number of H-pyrrole nitrogens is 1. The van der Waals surface area contributed by atoms with Crippen LogP contribution in [0.25, 0.3) is 11.3 Å². The summed E-state index contributed by atoms with van der Waals surface area (Å²) in [4.78, 5) is 12.5. The van der Waals surface area contributed by atoms with Crippen molar-refractivity contribution in [2.45, 2.75) is 6.92 Å². The number of carbonyl (C=O) groups is 1. The molecule has 0 aliphatic heterocycles. The SMILES string of the molecule is COc1ccc(F)cc1-c1cc(C(=O)Nc2ccc(C)c(NS(C)(=O)=O)c2)[nH]n1. The third-order valence-electron chi connectivity index (χ3n) is 4.05. The van der Waals surface area contributed by atoms with Gasteiger partial charge < -0.3 is 10.1 Å². The summed E-state index contributed by atoms with van der Waals surface area (Å²) in [6, 6.07) is 10.3. The molecule has 2 aromatic carbocycles. The van der Waals surface area contributed by atoms with Gasteiger partial charge in [0.15, 0.2) is 0 Å². The van der Waals surface area contributed by atoms with Gasteiger partial charge in [0.1, 0.15) is 17.3 Å². The largest absolute Gasteiger partial charge is 0.496 e. The van der Waals surface area contributed by atoms with Crippen LogP contribution in [-0.2, 0) is 10.0 Å². The van der Waals surface area contributed by atoms with Crippen LogP contribution in [0.3, 0.4) is 0 Å². The van der Waals surface area contributed by atoms with E-state index >= 15 is 0 Å². The minimum atomic E-state index is -3.46. The maximum Gasteiger partial charge on any atom is 0.273 e. The Bertz CT molecular complexity index is 1170. The number of sulfonamides is 1. The first kappa shape index (κ1) is 20.3. The predicted octanol–water partition coefficient (Wildman–Crippen LogP) is 3.16. The Morgan fingerprint density at radius 2 is 1.93 bits per heavy atom. The van der Waals surface area contributed by atoms with Gasteiger partial charge >= 0.3 is 0 Å². The molecule has 0 spiro atoms. The topological polar surface area (TPSA) is 113 Å². The number of benzene rings is 2. The minimum absolute atomic E-state index is 0.143. The maximum absolute atomic E-state index is 13.6. The Kier molecular flexibility index (Phi) is 5.55. The molecule has 10 heteroatoms. The molecular weight excluding hydrogens is 399 g/mol. The van der Waals surface area contributed by atoms with E-state index in [1.807, 2.05) is 0 Å². The van der Waals surface area contributed by atoms with Gasteiger partial charge in [0.05, 0.1) is 24.7 Å². The number of ether oxygens (including phenoxy) is 1. The Morgan fingerprint density at radius 1 is 1.17 bits per heavy atom. The highest BCUT2D eigenvalue weighted by Gasteiger charge is 2.15. The van der Waals surface area contributed by atoms with Crippen molar-refractivity contribution in [1.82, 2.24) is 10.2 Å². The van der Waals surface area contributed by atoms with Crippen molar-refractivity contribution >= 4 is 27.3 Å². The Morgan fingerprint density at radius 3 is 2.62 bits per heavy atom. The third-order valence-corrected chi connectivity index (χ3v) is 4.64. The van der Waals surface area contributed by atoms with Crippen LogP contribution in [0.4, 0.5) is 15.8 Å². The van der Waals surface area contributed by atoms with Gasteiger partial charge in [-0.1, -0.05) is 6.07 Å². The molecule has 152 valence electrons. The van der Waals surface area contributed by atoms with Crippen molar-refractivity contribution in [2.75, 3.05) is 23.4 Å². The molecule has 1 amide bonds. The lowest BCUT2D eigenvalue weighted by Gasteiger charge is -2.10. The zero-order chi connectivity index (χ0) is 21.2. The molecule has 0 aliphatic rings. The van der Waals surface area contributed by atoms with E-state index in [9.17, 15) is 17.6 Å². The number of rotatable bonds is 6. The number of methoxy groups -OCH3 is 1. The van der Waals surface area contributed by atoms with E-state index in [2.05, 4.69) is 20.2 Å². The molecule has 3 aromatic rings. The highest BCUT2D eigenvalue weighted by atomic mass is 32.2. The van der Waals surface area contributed by atoms with Crippen molar-refractivity contribution in [3.63, 3.8) is 0 Å². The van der Waals surface area contributed by atoms with Gasteiger partial charge in [0.25, 0.3) is 5.91 Å². The summed E-state index contributed by atoms with van der Waals surface area (Å²) in [5.74, 6) is -0.534. The molecule has 0 unspecified atom stereocenters. The summed E-state index contributed by atoms with van der Waals surface area (Å²) in [5, 5.41) is 9.33. The van der Waals surface area contributed by atoms with Gasteiger partial charge in [0, 0.05) is 11.3 Å². The summed E-state index contributed by atoms with van der Waals surface area (Å²) in [6.45, 7) is 1.74. The lowest BCUT2D eigenvalue weighted by molar-refractivity contribution is 0.102. The zero-order valence-electron chi connectivity index (χ0n) is 15.9. The number of hydrogen-bond acceptors (Lipinski definition) is 5.